The van der Waals surface area contributed by atoms with Crippen molar-refractivity contribution in [3.05, 3.63) is 81.8 Å². The van der Waals surface area contributed by atoms with E-state index in [-0.39, 0.29) is 11.4 Å². The van der Waals surface area contributed by atoms with E-state index in [9.17, 15) is 13.6 Å². The Bertz CT molecular complexity index is 1190. The van der Waals surface area contributed by atoms with Gasteiger partial charge in [0.15, 0.2) is 6.17 Å². The maximum atomic E-state index is 15.1. The first kappa shape index (κ1) is 20.6. The summed E-state index contributed by atoms with van der Waals surface area (Å²) in [5.41, 5.74) is 1.04. The minimum absolute atomic E-state index is 0.0734. The molecule has 2 heterocycles. The van der Waals surface area contributed by atoms with Crippen molar-refractivity contribution in [2.45, 2.75) is 18.7 Å². The highest BCUT2D eigenvalue weighted by atomic mass is 19.1. The Morgan fingerprint density at radius 1 is 1.06 bits per heavy atom. The standard InChI is InChI=1S/C23H21F3N4O2/c24-15-10-16(25)12-17(11-15)30-23(31)22(19(13-28-30)29-7-5-27-6-8-29)32-20-9-14-3-1-2-4-18(14)21(20)26/h1-4,10-13,20-21,27H,5-9H2. The Morgan fingerprint density at radius 2 is 1.78 bits per heavy atom. The fourth-order valence-electron chi connectivity index (χ4n) is 4.28. The van der Waals surface area contributed by atoms with E-state index in [2.05, 4.69) is 10.4 Å². The van der Waals surface area contributed by atoms with Gasteiger partial charge in [0.1, 0.15) is 23.4 Å². The number of piperazine rings is 1. The van der Waals surface area contributed by atoms with Crippen LogP contribution in [0.5, 0.6) is 5.75 Å². The Morgan fingerprint density at radius 3 is 2.50 bits per heavy atom. The van der Waals surface area contributed by atoms with Crippen molar-refractivity contribution < 1.29 is 17.9 Å². The van der Waals surface area contributed by atoms with E-state index in [4.69, 9.17) is 4.74 Å². The molecule has 1 saturated heterocycles. The number of rotatable bonds is 4. The molecule has 0 radical (unpaired) electrons. The van der Waals surface area contributed by atoms with Crippen LogP contribution in [0.3, 0.4) is 0 Å². The number of ether oxygens (including phenoxy) is 1. The lowest BCUT2D eigenvalue weighted by Gasteiger charge is -2.31. The van der Waals surface area contributed by atoms with Crippen LogP contribution in [0, 0.1) is 11.6 Å². The highest BCUT2D eigenvalue weighted by molar-refractivity contribution is 5.57. The Labute approximate surface area is 182 Å². The van der Waals surface area contributed by atoms with E-state index in [0.29, 0.717) is 49.9 Å². The third-order valence-corrected chi connectivity index (χ3v) is 5.83. The molecule has 166 valence electrons. The summed E-state index contributed by atoms with van der Waals surface area (Å²) >= 11 is 0. The van der Waals surface area contributed by atoms with Gasteiger partial charge < -0.3 is 15.0 Å². The second-order valence-corrected chi connectivity index (χ2v) is 7.90. The van der Waals surface area contributed by atoms with Crippen LogP contribution in [-0.4, -0.2) is 42.1 Å². The van der Waals surface area contributed by atoms with Crippen molar-refractivity contribution in [3.8, 4) is 11.4 Å². The smallest absolute Gasteiger partial charge is 0.316 e. The van der Waals surface area contributed by atoms with Gasteiger partial charge in [-0.25, -0.2) is 13.2 Å². The average molecular weight is 442 g/mol. The molecule has 1 aromatic heterocycles. The molecule has 0 amide bonds. The molecule has 1 aliphatic carbocycles. The molecular weight excluding hydrogens is 421 g/mol. The average Bonchev–Trinajstić information content (AvgIpc) is 3.10. The van der Waals surface area contributed by atoms with Gasteiger partial charge in [-0.05, 0) is 23.3 Å². The molecule has 2 atom stereocenters. The molecule has 9 heteroatoms. The Balaban J connectivity index is 1.57. The molecule has 0 saturated carbocycles. The zero-order valence-electron chi connectivity index (χ0n) is 17.1. The number of anilines is 1. The zero-order chi connectivity index (χ0) is 22.2. The molecule has 32 heavy (non-hydrogen) atoms. The lowest BCUT2D eigenvalue weighted by Crippen LogP contribution is -2.44. The van der Waals surface area contributed by atoms with Crippen molar-refractivity contribution >= 4 is 5.69 Å². The van der Waals surface area contributed by atoms with E-state index >= 15 is 4.39 Å². The predicted octanol–water partition coefficient (Wildman–Crippen LogP) is 2.93. The lowest BCUT2D eigenvalue weighted by molar-refractivity contribution is 0.113. The maximum Gasteiger partial charge on any atom is 0.316 e. The number of benzene rings is 2. The summed E-state index contributed by atoms with van der Waals surface area (Å²) in [4.78, 5) is 15.3. The van der Waals surface area contributed by atoms with Crippen LogP contribution in [0.4, 0.5) is 18.9 Å². The lowest BCUT2D eigenvalue weighted by atomic mass is 10.1. The molecule has 2 aromatic carbocycles. The minimum atomic E-state index is -1.39. The van der Waals surface area contributed by atoms with E-state index in [0.717, 1.165) is 22.4 Å². The van der Waals surface area contributed by atoms with E-state index in [1.54, 1.807) is 12.1 Å². The van der Waals surface area contributed by atoms with Gasteiger partial charge in [-0.15, -0.1) is 0 Å². The fraction of sp³-hybridized carbons (Fsp3) is 0.304. The van der Waals surface area contributed by atoms with Crippen LogP contribution in [0.1, 0.15) is 17.3 Å². The highest BCUT2D eigenvalue weighted by Crippen LogP contribution is 2.38. The predicted molar refractivity (Wildman–Crippen MR) is 113 cm³/mol. The number of nitrogens with one attached hydrogen (secondary N) is 1. The van der Waals surface area contributed by atoms with Crippen LogP contribution in [-0.2, 0) is 6.42 Å². The number of fused-ring (bicyclic) bond motifs is 1. The Kier molecular flexibility index (Phi) is 5.34. The van der Waals surface area contributed by atoms with Crippen LogP contribution < -0.4 is 20.5 Å². The van der Waals surface area contributed by atoms with Gasteiger partial charge in [0.25, 0.3) is 0 Å². The molecule has 1 fully saturated rings. The van der Waals surface area contributed by atoms with E-state index < -0.39 is 29.5 Å². The quantitative estimate of drug-likeness (QED) is 0.674. The van der Waals surface area contributed by atoms with Crippen molar-refractivity contribution in [3.63, 3.8) is 0 Å². The van der Waals surface area contributed by atoms with Gasteiger partial charge in [0, 0.05) is 38.7 Å². The van der Waals surface area contributed by atoms with Gasteiger partial charge in [0.05, 0.1) is 11.9 Å². The van der Waals surface area contributed by atoms with Crippen LogP contribution >= 0.6 is 0 Å². The largest absolute Gasteiger partial charge is 0.479 e. The molecule has 3 aromatic rings. The van der Waals surface area contributed by atoms with E-state index in [1.807, 2.05) is 17.0 Å². The molecule has 2 unspecified atom stereocenters. The second-order valence-electron chi connectivity index (χ2n) is 7.90. The first-order valence-corrected chi connectivity index (χ1v) is 10.4. The van der Waals surface area contributed by atoms with Crippen LogP contribution in [0.2, 0.25) is 0 Å². The summed E-state index contributed by atoms with van der Waals surface area (Å²) in [6, 6.07) is 9.87. The number of alkyl halides is 1. The van der Waals surface area contributed by atoms with Gasteiger partial charge in [-0.2, -0.15) is 9.78 Å². The summed E-state index contributed by atoms with van der Waals surface area (Å²) in [6.07, 6.45) is -0.536. The van der Waals surface area contributed by atoms with Crippen molar-refractivity contribution in [2.24, 2.45) is 0 Å². The summed E-state index contributed by atoms with van der Waals surface area (Å²) in [6.45, 7) is 2.64. The molecule has 0 bridgehead atoms. The maximum absolute atomic E-state index is 15.1. The third kappa shape index (κ3) is 3.73. The normalized spacial score (nSPS) is 20.3. The fourth-order valence-corrected chi connectivity index (χ4v) is 4.28. The summed E-state index contributed by atoms with van der Waals surface area (Å²) < 4.78 is 49.6. The second kappa shape index (κ2) is 8.31. The van der Waals surface area contributed by atoms with Gasteiger partial charge in [-0.3, -0.25) is 4.79 Å². The Hall–Kier alpha value is -3.33. The summed E-state index contributed by atoms with van der Waals surface area (Å²) in [5, 5.41) is 7.37. The zero-order valence-corrected chi connectivity index (χ0v) is 17.1. The van der Waals surface area contributed by atoms with Gasteiger partial charge in [-0.1, -0.05) is 24.3 Å². The van der Waals surface area contributed by atoms with E-state index in [1.165, 1.54) is 6.20 Å². The summed E-state index contributed by atoms with van der Waals surface area (Å²) in [7, 11) is 0. The topological polar surface area (TPSA) is 59.4 Å². The van der Waals surface area contributed by atoms with Crippen molar-refractivity contribution in [2.75, 3.05) is 31.1 Å². The molecule has 2 aliphatic rings. The molecule has 6 nitrogen and oxygen atoms in total. The third-order valence-electron chi connectivity index (χ3n) is 5.83. The van der Waals surface area contributed by atoms with Gasteiger partial charge >= 0.3 is 5.56 Å². The molecule has 1 aliphatic heterocycles. The highest BCUT2D eigenvalue weighted by Gasteiger charge is 2.36. The van der Waals surface area contributed by atoms with Crippen LogP contribution in [0.25, 0.3) is 5.69 Å². The molecule has 5 rings (SSSR count). The minimum Gasteiger partial charge on any atom is -0.479 e. The van der Waals surface area contributed by atoms with Gasteiger partial charge in [0.2, 0.25) is 5.75 Å². The number of hydrogen-bond donors (Lipinski definition) is 1. The number of aromatic nitrogens is 2. The van der Waals surface area contributed by atoms with Crippen molar-refractivity contribution in [1.82, 2.24) is 15.1 Å². The first-order chi connectivity index (χ1) is 15.5. The van der Waals surface area contributed by atoms with Crippen molar-refractivity contribution in [1.29, 1.82) is 0 Å². The SMILES string of the molecule is O=c1c(OC2Cc3ccccc3C2F)c(N2CCNCC2)cnn1-c1cc(F)cc(F)c1. The monoisotopic (exact) mass is 442 g/mol. The number of hydrogen-bond acceptors (Lipinski definition) is 5. The first-order valence-electron chi connectivity index (χ1n) is 10.4. The molecule has 0 spiro atoms. The number of halogens is 3. The number of nitrogens with zero attached hydrogens (tertiary/aromatic N) is 3. The molecule has 1 N–H and O–H groups in total. The van der Waals surface area contributed by atoms with Crippen LogP contribution in [0.15, 0.2) is 53.5 Å². The molecular formula is C23H21F3N4O2. The summed E-state index contributed by atoms with van der Waals surface area (Å²) in [5.74, 6) is -1.75.